The highest BCUT2D eigenvalue weighted by atomic mass is 16.5. The van der Waals surface area contributed by atoms with Crippen molar-refractivity contribution in [3.05, 3.63) is 65.9 Å². The molecule has 2 aromatic carbocycles. The number of benzene rings is 2. The van der Waals surface area contributed by atoms with Crippen LogP contribution in [0.1, 0.15) is 16.1 Å². The zero-order valence-corrected chi connectivity index (χ0v) is 17.6. The number of hydrogen-bond donors (Lipinski definition) is 0. The van der Waals surface area contributed by atoms with Crippen molar-refractivity contribution in [2.75, 3.05) is 40.5 Å². The van der Waals surface area contributed by atoms with E-state index in [1.165, 1.54) is 0 Å². The predicted octanol–water partition coefficient (Wildman–Crippen LogP) is 3.94. The first kappa shape index (κ1) is 20.0. The van der Waals surface area contributed by atoms with Crippen LogP contribution in [0.2, 0.25) is 0 Å². The van der Waals surface area contributed by atoms with Crippen LogP contribution in [0.3, 0.4) is 0 Å². The van der Waals surface area contributed by atoms with E-state index in [4.69, 9.17) is 14.2 Å². The highest BCUT2D eigenvalue weighted by molar-refractivity contribution is 5.97. The Balaban J connectivity index is 1.91. The van der Waals surface area contributed by atoms with Gasteiger partial charge in [0.2, 0.25) is 0 Å². The Hall–Kier alpha value is -3.25. The Bertz CT molecular complexity index is 1040. The van der Waals surface area contributed by atoms with Gasteiger partial charge < -0.3 is 23.7 Å². The Kier molecular flexibility index (Phi) is 5.77. The summed E-state index contributed by atoms with van der Waals surface area (Å²) in [7, 11) is 3.28. The minimum Gasteiger partial charge on any atom is -0.497 e. The van der Waals surface area contributed by atoms with Crippen LogP contribution >= 0.6 is 0 Å². The molecule has 0 saturated carbocycles. The van der Waals surface area contributed by atoms with E-state index < -0.39 is 0 Å². The topological polar surface area (TPSA) is 52.9 Å². The van der Waals surface area contributed by atoms with Gasteiger partial charge in [-0.2, -0.15) is 0 Å². The number of amides is 1. The monoisotopic (exact) mass is 406 g/mol. The first-order valence-electron chi connectivity index (χ1n) is 10.0. The van der Waals surface area contributed by atoms with E-state index in [1.807, 2.05) is 66.4 Å². The molecule has 0 N–H and O–H groups in total. The van der Waals surface area contributed by atoms with Crippen LogP contribution in [0.4, 0.5) is 0 Å². The number of carbonyl (C=O) groups is 1. The Morgan fingerprint density at radius 1 is 0.967 bits per heavy atom. The molecule has 30 heavy (non-hydrogen) atoms. The van der Waals surface area contributed by atoms with Gasteiger partial charge in [-0.05, 0) is 30.7 Å². The molecule has 0 atom stereocenters. The molecule has 0 spiro atoms. The van der Waals surface area contributed by atoms with Gasteiger partial charge in [0, 0.05) is 24.8 Å². The van der Waals surface area contributed by atoms with Crippen LogP contribution in [0, 0.1) is 6.92 Å². The molecular formula is C24H26N2O4. The maximum absolute atomic E-state index is 13.3. The molecule has 6 heteroatoms. The fraction of sp³-hybridized carbons (Fsp3) is 0.292. The summed E-state index contributed by atoms with van der Waals surface area (Å²) in [4.78, 5) is 15.2. The molecule has 156 valence electrons. The Morgan fingerprint density at radius 3 is 2.37 bits per heavy atom. The number of methoxy groups -OCH3 is 2. The minimum atomic E-state index is 0.0218. The SMILES string of the molecule is COc1ccc(OC)c(-n2c(-c3ccccc3)cc(C(=O)N3CCOCC3)c2C)c1. The van der Waals surface area contributed by atoms with Crippen molar-refractivity contribution >= 4 is 5.91 Å². The molecule has 0 bridgehead atoms. The number of aromatic nitrogens is 1. The summed E-state index contributed by atoms with van der Waals surface area (Å²) < 4.78 is 18.6. The first-order valence-corrected chi connectivity index (χ1v) is 10.0. The summed E-state index contributed by atoms with van der Waals surface area (Å²) in [6, 6.07) is 17.7. The molecular weight excluding hydrogens is 380 g/mol. The summed E-state index contributed by atoms with van der Waals surface area (Å²) in [5, 5.41) is 0. The van der Waals surface area contributed by atoms with Gasteiger partial charge in [0.1, 0.15) is 11.5 Å². The molecule has 1 aliphatic rings. The van der Waals surface area contributed by atoms with Gasteiger partial charge in [-0.1, -0.05) is 30.3 Å². The number of hydrogen-bond acceptors (Lipinski definition) is 4. The van der Waals surface area contributed by atoms with Crippen molar-refractivity contribution in [3.8, 4) is 28.4 Å². The number of carbonyl (C=O) groups excluding carboxylic acids is 1. The molecule has 1 amide bonds. The van der Waals surface area contributed by atoms with Gasteiger partial charge in [-0.25, -0.2) is 0 Å². The molecule has 1 aliphatic heterocycles. The molecule has 1 aromatic heterocycles. The molecule has 3 aromatic rings. The highest BCUT2D eigenvalue weighted by Crippen LogP contribution is 2.36. The molecule has 4 rings (SSSR count). The van der Waals surface area contributed by atoms with Crippen molar-refractivity contribution in [2.45, 2.75) is 6.92 Å². The first-order chi connectivity index (χ1) is 14.6. The van der Waals surface area contributed by atoms with E-state index in [1.54, 1.807) is 14.2 Å². The number of rotatable bonds is 5. The van der Waals surface area contributed by atoms with Crippen molar-refractivity contribution in [1.82, 2.24) is 9.47 Å². The molecule has 0 radical (unpaired) electrons. The van der Waals surface area contributed by atoms with Crippen molar-refractivity contribution < 1.29 is 19.0 Å². The van der Waals surface area contributed by atoms with Gasteiger partial charge >= 0.3 is 0 Å². The molecule has 1 saturated heterocycles. The van der Waals surface area contributed by atoms with Gasteiger partial charge in [0.25, 0.3) is 5.91 Å². The highest BCUT2D eigenvalue weighted by Gasteiger charge is 2.26. The summed E-state index contributed by atoms with van der Waals surface area (Å²) >= 11 is 0. The van der Waals surface area contributed by atoms with Crippen molar-refractivity contribution in [1.29, 1.82) is 0 Å². The second-order valence-corrected chi connectivity index (χ2v) is 7.17. The zero-order valence-electron chi connectivity index (χ0n) is 17.6. The van der Waals surface area contributed by atoms with Crippen LogP contribution < -0.4 is 9.47 Å². The number of ether oxygens (including phenoxy) is 3. The summed E-state index contributed by atoms with van der Waals surface area (Å²) in [6.07, 6.45) is 0. The number of morpholine rings is 1. The Labute approximate surface area is 176 Å². The number of nitrogens with zero attached hydrogens (tertiary/aromatic N) is 2. The molecule has 6 nitrogen and oxygen atoms in total. The average molecular weight is 406 g/mol. The largest absolute Gasteiger partial charge is 0.497 e. The van der Waals surface area contributed by atoms with E-state index in [2.05, 4.69) is 4.57 Å². The second-order valence-electron chi connectivity index (χ2n) is 7.17. The van der Waals surface area contributed by atoms with Crippen LogP contribution in [-0.2, 0) is 4.74 Å². The van der Waals surface area contributed by atoms with Gasteiger partial charge in [-0.15, -0.1) is 0 Å². The lowest BCUT2D eigenvalue weighted by Gasteiger charge is -2.26. The van der Waals surface area contributed by atoms with Crippen LogP contribution in [0.15, 0.2) is 54.6 Å². The van der Waals surface area contributed by atoms with E-state index >= 15 is 0 Å². The lowest BCUT2D eigenvalue weighted by molar-refractivity contribution is 0.0302. The van der Waals surface area contributed by atoms with Crippen LogP contribution in [-0.4, -0.2) is 55.9 Å². The minimum absolute atomic E-state index is 0.0218. The Morgan fingerprint density at radius 2 is 1.70 bits per heavy atom. The van der Waals surface area contributed by atoms with E-state index in [9.17, 15) is 4.79 Å². The quantitative estimate of drug-likeness (QED) is 0.644. The summed E-state index contributed by atoms with van der Waals surface area (Å²) in [5.41, 5.74) is 4.31. The van der Waals surface area contributed by atoms with Gasteiger partial charge in [0.15, 0.2) is 0 Å². The van der Waals surface area contributed by atoms with Crippen LogP contribution in [0.5, 0.6) is 11.5 Å². The molecule has 0 aliphatic carbocycles. The standard InChI is InChI=1S/C24H26N2O4/c1-17-20(24(27)25-11-13-30-14-12-25)16-21(18-7-5-4-6-8-18)26(17)22-15-19(28-2)9-10-23(22)29-3/h4-10,15-16H,11-14H2,1-3H3. The average Bonchev–Trinajstić information content (AvgIpc) is 3.16. The maximum atomic E-state index is 13.3. The fourth-order valence-electron chi connectivity index (χ4n) is 3.86. The lowest BCUT2D eigenvalue weighted by atomic mass is 10.1. The van der Waals surface area contributed by atoms with Gasteiger partial charge in [0.05, 0.1) is 44.4 Å². The molecule has 1 fully saturated rings. The molecule has 0 unspecified atom stereocenters. The summed E-state index contributed by atoms with van der Waals surface area (Å²) in [6.45, 7) is 4.32. The van der Waals surface area contributed by atoms with Crippen molar-refractivity contribution in [2.24, 2.45) is 0 Å². The zero-order chi connectivity index (χ0) is 21.1. The maximum Gasteiger partial charge on any atom is 0.255 e. The van der Waals surface area contributed by atoms with E-state index in [0.29, 0.717) is 37.6 Å². The smallest absolute Gasteiger partial charge is 0.255 e. The second kappa shape index (κ2) is 8.63. The third-order valence-electron chi connectivity index (χ3n) is 5.47. The van der Waals surface area contributed by atoms with Gasteiger partial charge in [-0.3, -0.25) is 4.79 Å². The predicted molar refractivity (Wildman–Crippen MR) is 116 cm³/mol. The van der Waals surface area contributed by atoms with E-state index in [0.717, 1.165) is 28.4 Å². The fourth-order valence-corrected chi connectivity index (χ4v) is 3.86. The van der Waals surface area contributed by atoms with E-state index in [-0.39, 0.29) is 5.91 Å². The molecule has 2 heterocycles. The third kappa shape index (κ3) is 3.66. The summed E-state index contributed by atoms with van der Waals surface area (Å²) in [5.74, 6) is 1.45. The third-order valence-corrected chi connectivity index (χ3v) is 5.47. The van der Waals surface area contributed by atoms with Crippen molar-refractivity contribution in [3.63, 3.8) is 0 Å². The normalized spacial score (nSPS) is 13.9. The van der Waals surface area contributed by atoms with Crippen LogP contribution in [0.25, 0.3) is 16.9 Å². The lowest BCUT2D eigenvalue weighted by Crippen LogP contribution is -2.40.